The zero-order chi connectivity index (χ0) is 11.4. The van der Waals surface area contributed by atoms with Crippen LogP contribution in [0.3, 0.4) is 0 Å². The highest BCUT2D eigenvalue weighted by Crippen LogP contribution is 2.20. The van der Waals surface area contributed by atoms with E-state index >= 15 is 0 Å². The molecule has 0 amide bonds. The third-order valence-electron chi connectivity index (χ3n) is 2.51. The Bertz CT molecular complexity index is 181. The molecule has 2 atom stereocenters. The van der Waals surface area contributed by atoms with Gasteiger partial charge in [-0.1, -0.05) is 47.5 Å². The molecule has 2 nitrogen and oxygen atoms in total. The summed E-state index contributed by atoms with van der Waals surface area (Å²) in [5, 5.41) is 0. The number of carbonyl (C=O) groups excluding carboxylic acids is 1. The molecule has 0 aliphatic heterocycles. The first kappa shape index (κ1) is 13.6. The summed E-state index contributed by atoms with van der Waals surface area (Å²) in [6.07, 6.45) is 3.15. The monoisotopic (exact) mass is 199 g/mol. The topological polar surface area (TPSA) is 43.1 Å². The van der Waals surface area contributed by atoms with Gasteiger partial charge in [0.15, 0.2) is 5.78 Å². The molecule has 0 aromatic carbocycles. The molecule has 0 fully saturated rings. The second kappa shape index (κ2) is 5.50. The summed E-state index contributed by atoms with van der Waals surface area (Å²) in [7, 11) is 0. The molecule has 2 heteroatoms. The lowest BCUT2D eigenvalue weighted by Crippen LogP contribution is -2.39. The van der Waals surface area contributed by atoms with Crippen molar-refractivity contribution >= 4 is 5.78 Å². The predicted molar refractivity (Wildman–Crippen MR) is 61.1 cm³/mol. The van der Waals surface area contributed by atoms with Crippen molar-refractivity contribution in [1.29, 1.82) is 0 Å². The Morgan fingerprint density at radius 2 is 1.86 bits per heavy atom. The molecule has 0 radical (unpaired) electrons. The Hall–Kier alpha value is -0.370. The van der Waals surface area contributed by atoms with Crippen molar-refractivity contribution in [2.24, 2.45) is 17.1 Å². The van der Waals surface area contributed by atoms with Crippen LogP contribution in [0.2, 0.25) is 0 Å². The van der Waals surface area contributed by atoms with Gasteiger partial charge in [-0.15, -0.1) is 0 Å². The fourth-order valence-electron chi connectivity index (χ4n) is 1.71. The van der Waals surface area contributed by atoms with E-state index in [2.05, 4.69) is 13.8 Å². The minimum absolute atomic E-state index is 0.181. The van der Waals surface area contributed by atoms with Crippen LogP contribution in [-0.2, 0) is 4.79 Å². The molecular weight excluding hydrogens is 174 g/mol. The second-order valence-corrected chi connectivity index (χ2v) is 5.35. The lowest BCUT2D eigenvalue weighted by molar-refractivity contribution is -0.128. The number of nitrogens with two attached hydrogens (primary N) is 1. The molecule has 14 heavy (non-hydrogen) atoms. The third kappa shape index (κ3) is 4.75. The van der Waals surface area contributed by atoms with E-state index < -0.39 is 0 Å². The molecule has 0 heterocycles. The van der Waals surface area contributed by atoms with E-state index in [0.717, 1.165) is 19.3 Å². The number of rotatable bonds is 5. The Morgan fingerprint density at radius 1 is 1.36 bits per heavy atom. The summed E-state index contributed by atoms with van der Waals surface area (Å²) in [6.45, 7) is 10.1. The van der Waals surface area contributed by atoms with Crippen molar-refractivity contribution in [3.8, 4) is 0 Å². The van der Waals surface area contributed by atoms with Gasteiger partial charge in [0.2, 0.25) is 0 Å². The van der Waals surface area contributed by atoms with Gasteiger partial charge in [0.1, 0.15) is 0 Å². The summed E-state index contributed by atoms with van der Waals surface area (Å²) < 4.78 is 0. The van der Waals surface area contributed by atoms with E-state index in [0.29, 0.717) is 5.92 Å². The quantitative estimate of drug-likeness (QED) is 0.740. The molecule has 0 aromatic rings. The Morgan fingerprint density at radius 3 is 2.21 bits per heavy atom. The molecule has 0 saturated heterocycles. The van der Waals surface area contributed by atoms with Crippen molar-refractivity contribution in [2.75, 3.05) is 0 Å². The zero-order valence-corrected chi connectivity index (χ0v) is 10.3. The molecule has 0 aliphatic carbocycles. The SMILES string of the molecule is CCCC(C)CC(N)C(=O)C(C)(C)C. The number of hydrogen-bond acceptors (Lipinski definition) is 2. The average molecular weight is 199 g/mol. The molecule has 0 aliphatic rings. The minimum atomic E-state index is -0.300. The molecule has 0 spiro atoms. The van der Waals surface area contributed by atoms with E-state index in [4.69, 9.17) is 5.73 Å². The Kier molecular flexibility index (Phi) is 5.35. The van der Waals surface area contributed by atoms with Crippen LogP contribution in [0.5, 0.6) is 0 Å². The largest absolute Gasteiger partial charge is 0.321 e. The van der Waals surface area contributed by atoms with Gasteiger partial charge in [-0.3, -0.25) is 4.79 Å². The maximum Gasteiger partial charge on any atom is 0.154 e. The fourth-order valence-corrected chi connectivity index (χ4v) is 1.71. The summed E-state index contributed by atoms with van der Waals surface area (Å²) in [4.78, 5) is 11.8. The minimum Gasteiger partial charge on any atom is -0.321 e. The summed E-state index contributed by atoms with van der Waals surface area (Å²) in [6, 6.07) is -0.281. The predicted octanol–water partition coefficient (Wildman–Crippen LogP) is 2.76. The second-order valence-electron chi connectivity index (χ2n) is 5.35. The molecule has 0 rings (SSSR count). The van der Waals surface area contributed by atoms with Gasteiger partial charge in [-0.25, -0.2) is 0 Å². The standard InChI is InChI=1S/C12H25NO/c1-6-7-9(2)8-10(13)11(14)12(3,4)5/h9-10H,6-8,13H2,1-5H3. The maximum absolute atomic E-state index is 11.8. The summed E-state index contributed by atoms with van der Waals surface area (Å²) >= 11 is 0. The number of carbonyl (C=O) groups is 1. The molecular formula is C12H25NO. The number of Topliss-reactive ketones (excluding diaryl/α,β-unsaturated/α-hetero) is 1. The van der Waals surface area contributed by atoms with Crippen molar-refractivity contribution in [3.63, 3.8) is 0 Å². The van der Waals surface area contributed by atoms with Crippen LogP contribution in [0.1, 0.15) is 53.9 Å². The van der Waals surface area contributed by atoms with Crippen LogP contribution in [-0.4, -0.2) is 11.8 Å². The number of ketones is 1. The van der Waals surface area contributed by atoms with Crippen molar-refractivity contribution in [3.05, 3.63) is 0 Å². The van der Waals surface area contributed by atoms with Gasteiger partial charge in [0, 0.05) is 5.41 Å². The Balaban J connectivity index is 4.08. The van der Waals surface area contributed by atoms with Crippen LogP contribution in [0.4, 0.5) is 0 Å². The van der Waals surface area contributed by atoms with E-state index in [1.54, 1.807) is 0 Å². The first-order chi connectivity index (χ1) is 6.29. The molecule has 0 saturated carbocycles. The third-order valence-corrected chi connectivity index (χ3v) is 2.51. The average Bonchev–Trinajstić information content (AvgIpc) is 2.01. The molecule has 84 valence electrons. The smallest absolute Gasteiger partial charge is 0.154 e. The molecule has 0 aromatic heterocycles. The lowest BCUT2D eigenvalue weighted by atomic mass is 9.83. The van der Waals surface area contributed by atoms with Crippen LogP contribution < -0.4 is 5.73 Å². The normalized spacial score (nSPS) is 16.4. The lowest BCUT2D eigenvalue weighted by Gasteiger charge is -2.23. The van der Waals surface area contributed by atoms with Crippen LogP contribution in [0.15, 0.2) is 0 Å². The fraction of sp³-hybridized carbons (Fsp3) is 0.917. The summed E-state index contributed by atoms with van der Waals surface area (Å²) in [5.41, 5.74) is 5.58. The van der Waals surface area contributed by atoms with Crippen LogP contribution in [0.25, 0.3) is 0 Å². The van der Waals surface area contributed by atoms with Gasteiger partial charge in [0.05, 0.1) is 6.04 Å². The first-order valence-electron chi connectivity index (χ1n) is 5.59. The van der Waals surface area contributed by atoms with Crippen molar-refractivity contribution in [1.82, 2.24) is 0 Å². The van der Waals surface area contributed by atoms with Gasteiger partial charge in [0.25, 0.3) is 0 Å². The highest BCUT2D eigenvalue weighted by atomic mass is 16.1. The van der Waals surface area contributed by atoms with Crippen molar-refractivity contribution in [2.45, 2.75) is 59.9 Å². The Labute approximate surface area is 88.3 Å². The highest BCUT2D eigenvalue weighted by molar-refractivity contribution is 5.88. The molecule has 2 N–H and O–H groups in total. The van der Waals surface area contributed by atoms with Gasteiger partial charge in [-0.05, 0) is 12.3 Å². The number of hydrogen-bond donors (Lipinski definition) is 1. The van der Waals surface area contributed by atoms with Gasteiger partial charge >= 0.3 is 0 Å². The van der Waals surface area contributed by atoms with Gasteiger partial charge < -0.3 is 5.73 Å². The van der Waals surface area contributed by atoms with Crippen LogP contribution in [0, 0.1) is 11.3 Å². The van der Waals surface area contributed by atoms with E-state index in [9.17, 15) is 4.79 Å². The first-order valence-corrected chi connectivity index (χ1v) is 5.59. The van der Waals surface area contributed by atoms with Gasteiger partial charge in [-0.2, -0.15) is 0 Å². The van der Waals surface area contributed by atoms with E-state index in [-0.39, 0.29) is 17.2 Å². The van der Waals surface area contributed by atoms with E-state index in [1.807, 2.05) is 20.8 Å². The summed E-state index contributed by atoms with van der Waals surface area (Å²) in [5.74, 6) is 0.738. The van der Waals surface area contributed by atoms with Crippen LogP contribution >= 0.6 is 0 Å². The van der Waals surface area contributed by atoms with Crippen molar-refractivity contribution < 1.29 is 4.79 Å². The zero-order valence-electron chi connectivity index (χ0n) is 10.3. The molecule has 2 unspecified atom stereocenters. The van der Waals surface area contributed by atoms with E-state index in [1.165, 1.54) is 0 Å². The highest BCUT2D eigenvalue weighted by Gasteiger charge is 2.27. The maximum atomic E-state index is 11.8. The molecule has 0 bridgehead atoms.